The van der Waals surface area contributed by atoms with Crippen LogP contribution in [0.1, 0.15) is 31.4 Å². The lowest BCUT2D eigenvalue weighted by atomic mass is 10.1. The Morgan fingerprint density at radius 2 is 2.11 bits per heavy atom. The Hall–Kier alpha value is 0.1000. The van der Waals surface area contributed by atoms with E-state index in [0.717, 1.165) is 28.1 Å². The number of benzene rings is 1. The smallest absolute Gasteiger partial charge is 0.0303 e. The first-order chi connectivity index (χ1) is 8.58. The van der Waals surface area contributed by atoms with E-state index >= 15 is 0 Å². The summed E-state index contributed by atoms with van der Waals surface area (Å²) in [4.78, 5) is 2.45. The van der Waals surface area contributed by atoms with Crippen LogP contribution in [0.5, 0.6) is 0 Å². The summed E-state index contributed by atoms with van der Waals surface area (Å²) < 4.78 is 2.27. The fourth-order valence-corrected chi connectivity index (χ4v) is 3.51. The number of likely N-dealkylation sites (N-methyl/N-ethyl adjacent to an activating group) is 1. The van der Waals surface area contributed by atoms with Crippen molar-refractivity contribution in [2.75, 3.05) is 20.1 Å². The zero-order chi connectivity index (χ0) is 13.1. The minimum absolute atomic E-state index is 0.375. The van der Waals surface area contributed by atoms with Crippen LogP contribution in [-0.2, 0) is 0 Å². The van der Waals surface area contributed by atoms with E-state index in [1.165, 1.54) is 18.4 Å². The average Bonchev–Trinajstić information content (AvgIpc) is 3.12. The Morgan fingerprint density at radius 3 is 2.72 bits per heavy atom. The molecule has 0 aliphatic heterocycles. The first-order valence-electron chi connectivity index (χ1n) is 6.46. The quantitative estimate of drug-likeness (QED) is 0.809. The van der Waals surface area contributed by atoms with E-state index in [1.807, 2.05) is 0 Å². The van der Waals surface area contributed by atoms with Gasteiger partial charge in [0.25, 0.3) is 0 Å². The highest BCUT2D eigenvalue weighted by Crippen LogP contribution is 2.27. The van der Waals surface area contributed by atoms with Gasteiger partial charge in [-0.05, 0) is 44.5 Å². The minimum atomic E-state index is 0.375. The zero-order valence-electron chi connectivity index (χ0n) is 10.9. The summed E-state index contributed by atoms with van der Waals surface area (Å²) in [6.45, 7) is 4.38. The molecule has 0 amide bonds. The summed E-state index contributed by atoms with van der Waals surface area (Å²) in [6, 6.07) is 7.58. The molecule has 1 saturated carbocycles. The van der Waals surface area contributed by atoms with Gasteiger partial charge >= 0.3 is 0 Å². The van der Waals surface area contributed by atoms with Crippen molar-refractivity contribution >= 4 is 31.9 Å². The van der Waals surface area contributed by atoms with Crippen LogP contribution in [0, 0.1) is 0 Å². The molecule has 2 rings (SSSR count). The third-order valence-electron chi connectivity index (χ3n) is 3.51. The van der Waals surface area contributed by atoms with Gasteiger partial charge in [0.15, 0.2) is 0 Å². The Balaban J connectivity index is 1.81. The van der Waals surface area contributed by atoms with Gasteiger partial charge in [0.2, 0.25) is 0 Å². The molecule has 1 atom stereocenters. The molecule has 1 fully saturated rings. The van der Waals surface area contributed by atoms with Crippen LogP contribution in [0.15, 0.2) is 27.1 Å². The Bertz CT molecular complexity index is 405. The van der Waals surface area contributed by atoms with Crippen molar-refractivity contribution in [1.82, 2.24) is 10.2 Å². The van der Waals surface area contributed by atoms with Gasteiger partial charge in [-0.1, -0.05) is 37.9 Å². The highest BCUT2D eigenvalue weighted by atomic mass is 79.9. The second kappa shape index (κ2) is 6.51. The largest absolute Gasteiger partial charge is 0.309 e. The molecule has 0 radical (unpaired) electrons. The monoisotopic (exact) mass is 374 g/mol. The van der Waals surface area contributed by atoms with Crippen molar-refractivity contribution in [3.63, 3.8) is 0 Å². The molecule has 1 aromatic rings. The fraction of sp³-hybridized carbons (Fsp3) is 0.571. The van der Waals surface area contributed by atoms with Crippen molar-refractivity contribution < 1.29 is 0 Å². The molecule has 0 bridgehead atoms. The van der Waals surface area contributed by atoms with Gasteiger partial charge in [-0.25, -0.2) is 0 Å². The molecule has 4 heteroatoms. The minimum Gasteiger partial charge on any atom is -0.309 e. The molecule has 1 N–H and O–H groups in total. The van der Waals surface area contributed by atoms with Crippen LogP contribution >= 0.6 is 31.9 Å². The van der Waals surface area contributed by atoms with Crippen molar-refractivity contribution in [3.05, 3.63) is 32.7 Å². The van der Waals surface area contributed by atoms with Gasteiger partial charge in [0.1, 0.15) is 0 Å². The normalized spacial score (nSPS) is 17.2. The van der Waals surface area contributed by atoms with Gasteiger partial charge in [0, 0.05) is 34.1 Å². The van der Waals surface area contributed by atoms with Crippen LogP contribution in [0.25, 0.3) is 0 Å². The van der Waals surface area contributed by atoms with Gasteiger partial charge in [0.05, 0.1) is 0 Å². The Morgan fingerprint density at radius 1 is 1.39 bits per heavy atom. The van der Waals surface area contributed by atoms with Gasteiger partial charge in [-0.15, -0.1) is 0 Å². The van der Waals surface area contributed by atoms with Crippen LogP contribution in [0.4, 0.5) is 0 Å². The van der Waals surface area contributed by atoms with E-state index in [-0.39, 0.29) is 0 Å². The third kappa shape index (κ3) is 4.05. The summed E-state index contributed by atoms with van der Waals surface area (Å²) in [5.41, 5.74) is 1.31. The molecular weight excluding hydrogens is 356 g/mol. The standard InChI is InChI=1S/C14H20Br2N2/c1-10(13-6-3-11(15)9-14(13)16)17-7-8-18(2)12-4-5-12/h3,6,9-10,12,17H,4-5,7-8H2,1-2H3. The number of nitrogens with one attached hydrogen (secondary N) is 1. The van der Waals surface area contributed by atoms with E-state index in [0.29, 0.717) is 6.04 Å². The Labute approximate surface area is 126 Å². The predicted octanol–water partition coefficient (Wildman–Crippen LogP) is 3.96. The second-order valence-corrected chi connectivity index (χ2v) is 6.82. The van der Waals surface area contributed by atoms with Crippen LogP contribution in [0.2, 0.25) is 0 Å². The number of hydrogen-bond donors (Lipinski definition) is 1. The van der Waals surface area contributed by atoms with Crippen molar-refractivity contribution in [3.8, 4) is 0 Å². The van der Waals surface area contributed by atoms with E-state index in [2.05, 4.69) is 74.2 Å². The summed E-state index contributed by atoms with van der Waals surface area (Å²) >= 11 is 7.10. The molecule has 1 aliphatic carbocycles. The maximum Gasteiger partial charge on any atom is 0.0303 e. The summed E-state index contributed by atoms with van der Waals surface area (Å²) in [7, 11) is 2.22. The lowest BCUT2D eigenvalue weighted by Crippen LogP contribution is -2.32. The average molecular weight is 376 g/mol. The first-order valence-corrected chi connectivity index (χ1v) is 8.05. The Kier molecular flexibility index (Phi) is 5.24. The van der Waals surface area contributed by atoms with E-state index < -0.39 is 0 Å². The van der Waals surface area contributed by atoms with Crippen molar-refractivity contribution in [1.29, 1.82) is 0 Å². The highest BCUT2D eigenvalue weighted by molar-refractivity contribution is 9.11. The fourth-order valence-electron chi connectivity index (χ4n) is 2.12. The second-order valence-electron chi connectivity index (χ2n) is 5.05. The van der Waals surface area contributed by atoms with E-state index in [4.69, 9.17) is 0 Å². The molecule has 100 valence electrons. The molecule has 18 heavy (non-hydrogen) atoms. The summed E-state index contributed by atoms with van der Waals surface area (Å²) in [6.07, 6.45) is 2.76. The maximum absolute atomic E-state index is 3.62. The van der Waals surface area contributed by atoms with Gasteiger partial charge in [-0.2, -0.15) is 0 Å². The molecule has 1 unspecified atom stereocenters. The number of rotatable bonds is 6. The van der Waals surface area contributed by atoms with Crippen molar-refractivity contribution in [2.24, 2.45) is 0 Å². The molecule has 0 spiro atoms. The van der Waals surface area contributed by atoms with E-state index in [9.17, 15) is 0 Å². The van der Waals surface area contributed by atoms with Crippen molar-refractivity contribution in [2.45, 2.75) is 31.8 Å². The molecule has 0 aromatic heterocycles. The van der Waals surface area contributed by atoms with E-state index in [1.54, 1.807) is 0 Å². The number of nitrogens with zero attached hydrogens (tertiary/aromatic N) is 1. The SMILES string of the molecule is CC(NCCN(C)C1CC1)c1ccc(Br)cc1Br. The van der Waals surface area contributed by atoms with Crippen LogP contribution in [-0.4, -0.2) is 31.1 Å². The molecule has 1 aliphatic rings. The number of hydrogen-bond acceptors (Lipinski definition) is 2. The number of halogens is 2. The van der Waals surface area contributed by atoms with Gasteiger partial charge < -0.3 is 10.2 Å². The topological polar surface area (TPSA) is 15.3 Å². The van der Waals surface area contributed by atoms with Crippen LogP contribution < -0.4 is 5.32 Å². The lowest BCUT2D eigenvalue weighted by Gasteiger charge is -2.20. The summed E-state index contributed by atoms with van der Waals surface area (Å²) in [5.74, 6) is 0. The lowest BCUT2D eigenvalue weighted by molar-refractivity contribution is 0.316. The van der Waals surface area contributed by atoms with Gasteiger partial charge in [-0.3, -0.25) is 0 Å². The zero-order valence-corrected chi connectivity index (χ0v) is 14.1. The van der Waals surface area contributed by atoms with Crippen LogP contribution in [0.3, 0.4) is 0 Å². The molecule has 0 heterocycles. The summed E-state index contributed by atoms with van der Waals surface area (Å²) in [5, 5.41) is 3.59. The molecule has 2 nitrogen and oxygen atoms in total. The third-order valence-corrected chi connectivity index (χ3v) is 4.69. The maximum atomic E-state index is 3.62. The highest BCUT2D eigenvalue weighted by Gasteiger charge is 2.25. The molecule has 1 aromatic carbocycles. The first kappa shape index (κ1) is 14.5. The molecule has 0 saturated heterocycles. The molecular formula is C14H20Br2N2. The predicted molar refractivity (Wildman–Crippen MR) is 83.9 cm³/mol.